The molecule has 0 aliphatic rings. The maximum absolute atomic E-state index is 10.0. The van der Waals surface area contributed by atoms with Crippen LogP contribution in [0.2, 0.25) is 0 Å². The van der Waals surface area contributed by atoms with E-state index in [-0.39, 0.29) is 17.8 Å². The van der Waals surface area contributed by atoms with Crippen LogP contribution in [0.3, 0.4) is 0 Å². The van der Waals surface area contributed by atoms with Crippen molar-refractivity contribution in [1.82, 2.24) is 5.32 Å². The molecule has 0 amide bonds. The Morgan fingerprint density at radius 1 is 1.32 bits per heavy atom. The second-order valence-electron chi connectivity index (χ2n) is 5.44. The maximum atomic E-state index is 10.0. The van der Waals surface area contributed by atoms with Crippen LogP contribution in [0.4, 0.5) is 0 Å². The minimum Gasteiger partial charge on any atom is -0.504 e. The summed E-state index contributed by atoms with van der Waals surface area (Å²) in [7, 11) is 0. The van der Waals surface area contributed by atoms with Crippen molar-refractivity contribution in [2.45, 2.75) is 33.7 Å². The molecule has 0 bridgehead atoms. The number of aromatic hydroxyl groups is 1. The molecule has 4 heteroatoms. The van der Waals surface area contributed by atoms with Crippen LogP contribution in [-0.4, -0.2) is 30.0 Å². The number of aliphatic hydroxyl groups is 1. The van der Waals surface area contributed by atoms with E-state index in [4.69, 9.17) is 9.84 Å². The molecule has 0 fully saturated rings. The number of benzene rings is 1. The molecule has 0 unspecified atom stereocenters. The third-order valence-electron chi connectivity index (χ3n) is 3.09. The van der Waals surface area contributed by atoms with Crippen molar-refractivity contribution in [3.05, 3.63) is 23.8 Å². The van der Waals surface area contributed by atoms with Gasteiger partial charge in [-0.25, -0.2) is 0 Å². The van der Waals surface area contributed by atoms with Gasteiger partial charge in [-0.2, -0.15) is 0 Å². The quantitative estimate of drug-likeness (QED) is 0.676. The van der Waals surface area contributed by atoms with Gasteiger partial charge in [-0.15, -0.1) is 0 Å². The van der Waals surface area contributed by atoms with Crippen LogP contribution >= 0.6 is 0 Å². The highest BCUT2D eigenvalue weighted by Crippen LogP contribution is 2.29. The number of hydrogen-bond acceptors (Lipinski definition) is 4. The molecule has 0 saturated heterocycles. The van der Waals surface area contributed by atoms with Gasteiger partial charge in [-0.1, -0.05) is 26.0 Å². The lowest BCUT2D eigenvalue weighted by atomic mass is 9.90. The van der Waals surface area contributed by atoms with Gasteiger partial charge in [0.2, 0.25) is 0 Å². The topological polar surface area (TPSA) is 61.7 Å². The summed E-state index contributed by atoms with van der Waals surface area (Å²) >= 11 is 0. The average molecular weight is 267 g/mol. The van der Waals surface area contributed by atoms with E-state index in [2.05, 4.69) is 19.2 Å². The van der Waals surface area contributed by atoms with Crippen molar-refractivity contribution in [1.29, 1.82) is 0 Å². The Morgan fingerprint density at radius 3 is 2.68 bits per heavy atom. The van der Waals surface area contributed by atoms with Crippen LogP contribution in [0.15, 0.2) is 18.2 Å². The molecule has 19 heavy (non-hydrogen) atoms. The summed E-state index contributed by atoms with van der Waals surface area (Å²) in [6.45, 7) is 8.20. The van der Waals surface area contributed by atoms with Crippen LogP contribution in [0, 0.1) is 5.41 Å². The molecule has 0 aliphatic heterocycles. The van der Waals surface area contributed by atoms with Crippen LogP contribution in [0.25, 0.3) is 0 Å². The van der Waals surface area contributed by atoms with E-state index in [0.29, 0.717) is 18.9 Å². The Balaban J connectivity index is 2.56. The number of aliphatic hydroxyl groups excluding tert-OH is 1. The van der Waals surface area contributed by atoms with Gasteiger partial charge in [0.1, 0.15) is 0 Å². The number of para-hydroxylation sites is 1. The molecule has 1 aromatic carbocycles. The number of ether oxygens (including phenoxy) is 1. The van der Waals surface area contributed by atoms with Gasteiger partial charge in [0.25, 0.3) is 0 Å². The summed E-state index contributed by atoms with van der Waals surface area (Å²) in [6.07, 6.45) is 0.755. The molecule has 0 atom stereocenters. The highest BCUT2D eigenvalue weighted by atomic mass is 16.5. The van der Waals surface area contributed by atoms with Gasteiger partial charge in [-0.05, 0) is 24.8 Å². The van der Waals surface area contributed by atoms with Crippen molar-refractivity contribution in [3.8, 4) is 11.5 Å². The molecule has 0 saturated carbocycles. The second kappa shape index (κ2) is 7.36. The highest BCUT2D eigenvalue weighted by molar-refractivity contribution is 5.45. The first-order chi connectivity index (χ1) is 9.00. The molecule has 0 aliphatic carbocycles. The largest absolute Gasteiger partial charge is 0.504 e. The van der Waals surface area contributed by atoms with Gasteiger partial charge < -0.3 is 20.3 Å². The average Bonchev–Trinajstić information content (AvgIpc) is 2.34. The zero-order valence-corrected chi connectivity index (χ0v) is 12.1. The lowest BCUT2D eigenvalue weighted by molar-refractivity contribution is 0.207. The van der Waals surface area contributed by atoms with E-state index in [0.717, 1.165) is 18.5 Å². The molecule has 0 aromatic heterocycles. The van der Waals surface area contributed by atoms with Crippen molar-refractivity contribution >= 4 is 0 Å². The van der Waals surface area contributed by atoms with Gasteiger partial charge in [-0.3, -0.25) is 0 Å². The second-order valence-corrected chi connectivity index (χ2v) is 5.44. The highest BCUT2D eigenvalue weighted by Gasteiger charge is 2.16. The third-order valence-corrected chi connectivity index (χ3v) is 3.09. The summed E-state index contributed by atoms with van der Waals surface area (Å²) < 4.78 is 5.35. The van der Waals surface area contributed by atoms with Crippen LogP contribution in [0.5, 0.6) is 11.5 Å². The number of rotatable bonds is 8. The van der Waals surface area contributed by atoms with Crippen molar-refractivity contribution in [2.24, 2.45) is 5.41 Å². The first-order valence-electron chi connectivity index (χ1n) is 6.75. The number of nitrogens with one attached hydrogen (secondary N) is 1. The third kappa shape index (κ3) is 5.09. The zero-order valence-electron chi connectivity index (χ0n) is 12.1. The Morgan fingerprint density at radius 2 is 2.05 bits per heavy atom. The normalized spacial score (nSPS) is 11.6. The smallest absolute Gasteiger partial charge is 0.162 e. The monoisotopic (exact) mass is 267 g/mol. The van der Waals surface area contributed by atoms with E-state index in [9.17, 15) is 5.11 Å². The molecule has 0 radical (unpaired) electrons. The van der Waals surface area contributed by atoms with E-state index in [1.54, 1.807) is 6.07 Å². The molecular formula is C15H25NO3. The molecule has 108 valence electrons. The predicted octanol–water partition coefficient (Wildman–Crippen LogP) is 2.29. The molecule has 3 N–H and O–H groups in total. The van der Waals surface area contributed by atoms with Crippen LogP contribution < -0.4 is 10.1 Å². The molecular weight excluding hydrogens is 242 g/mol. The van der Waals surface area contributed by atoms with E-state index in [1.807, 2.05) is 19.1 Å². The fourth-order valence-electron chi connectivity index (χ4n) is 1.91. The van der Waals surface area contributed by atoms with E-state index < -0.39 is 0 Å². The lowest BCUT2D eigenvalue weighted by Gasteiger charge is -2.24. The van der Waals surface area contributed by atoms with Crippen molar-refractivity contribution in [2.75, 3.05) is 19.8 Å². The SMILES string of the molecule is CCOc1cccc(CNCC(C)(C)CCO)c1O. The molecule has 1 rings (SSSR count). The van der Waals surface area contributed by atoms with Gasteiger partial charge in [0.05, 0.1) is 6.61 Å². The Labute approximate surface area is 115 Å². The summed E-state index contributed by atoms with van der Waals surface area (Å²) in [4.78, 5) is 0. The van der Waals surface area contributed by atoms with Crippen LogP contribution in [0.1, 0.15) is 32.8 Å². The van der Waals surface area contributed by atoms with Crippen molar-refractivity contribution in [3.63, 3.8) is 0 Å². The zero-order chi connectivity index (χ0) is 14.3. The fraction of sp³-hybridized carbons (Fsp3) is 0.600. The molecule has 1 aromatic rings. The van der Waals surface area contributed by atoms with Crippen molar-refractivity contribution < 1.29 is 14.9 Å². The summed E-state index contributed by atoms with van der Waals surface area (Å²) in [6, 6.07) is 5.52. The first-order valence-corrected chi connectivity index (χ1v) is 6.75. The predicted molar refractivity (Wildman–Crippen MR) is 76.5 cm³/mol. The van der Waals surface area contributed by atoms with E-state index in [1.165, 1.54) is 0 Å². The number of phenolic OH excluding ortho intramolecular Hbond substituents is 1. The summed E-state index contributed by atoms with van der Waals surface area (Å²) in [5, 5.41) is 22.3. The maximum Gasteiger partial charge on any atom is 0.162 e. The minimum absolute atomic E-state index is 0.0435. The van der Waals surface area contributed by atoms with Gasteiger partial charge in [0.15, 0.2) is 11.5 Å². The Hall–Kier alpha value is -1.26. The lowest BCUT2D eigenvalue weighted by Crippen LogP contribution is -2.29. The fourth-order valence-corrected chi connectivity index (χ4v) is 1.91. The first kappa shape index (κ1) is 15.8. The number of hydrogen-bond donors (Lipinski definition) is 3. The standard InChI is InChI=1S/C15H25NO3/c1-4-19-13-7-5-6-12(14(13)18)10-16-11-15(2,3)8-9-17/h5-7,16-18H,4,8-11H2,1-3H3. The molecule has 0 heterocycles. The molecule has 0 spiro atoms. The molecule has 4 nitrogen and oxygen atoms in total. The summed E-state index contributed by atoms with van der Waals surface area (Å²) in [5.74, 6) is 0.730. The van der Waals surface area contributed by atoms with E-state index >= 15 is 0 Å². The van der Waals surface area contributed by atoms with Gasteiger partial charge >= 0.3 is 0 Å². The van der Waals surface area contributed by atoms with Gasteiger partial charge in [0, 0.05) is 25.3 Å². The minimum atomic E-state index is 0.0435. The Bertz CT molecular complexity index is 391. The Kier molecular flexibility index (Phi) is 6.12. The number of phenols is 1. The summed E-state index contributed by atoms with van der Waals surface area (Å²) in [5.41, 5.74) is 0.868. The van der Waals surface area contributed by atoms with Crippen LogP contribution in [-0.2, 0) is 6.54 Å².